The lowest BCUT2D eigenvalue weighted by Crippen LogP contribution is -2.39. The highest BCUT2D eigenvalue weighted by molar-refractivity contribution is 5.88. The van der Waals surface area contributed by atoms with Gasteiger partial charge in [-0.2, -0.15) is 0 Å². The van der Waals surface area contributed by atoms with Crippen LogP contribution < -0.4 is 0 Å². The number of carbonyl (C=O) groups is 1. The van der Waals surface area contributed by atoms with Gasteiger partial charge in [-0.05, 0) is 59.9 Å². The van der Waals surface area contributed by atoms with Gasteiger partial charge < -0.3 is 4.90 Å². The lowest BCUT2D eigenvalue weighted by atomic mass is 9.81. The quantitative estimate of drug-likeness (QED) is 0.554. The number of pyridine rings is 1. The van der Waals surface area contributed by atoms with Crippen molar-refractivity contribution in [2.24, 2.45) is 5.92 Å². The number of rotatable bonds is 4. The molecule has 29 heavy (non-hydrogen) atoms. The van der Waals surface area contributed by atoms with Gasteiger partial charge in [0.15, 0.2) is 0 Å². The molecule has 0 bridgehead atoms. The number of aryl methyl sites for hydroxylation is 1. The molecule has 1 aromatic heterocycles. The first-order valence-electron chi connectivity index (χ1n) is 10.8. The summed E-state index contributed by atoms with van der Waals surface area (Å²) in [6, 6.07) is 17.5. The number of amides is 1. The van der Waals surface area contributed by atoms with E-state index in [4.69, 9.17) is 0 Å². The first-order chi connectivity index (χ1) is 14.1. The molecule has 1 atom stereocenters. The Bertz CT molecular complexity index is 1000. The molecule has 2 aromatic carbocycles. The predicted molar refractivity (Wildman–Crippen MR) is 120 cm³/mol. The molecule has 3 nitrogen and oxygen atoms in total. The number of carbonyl (C=O) groups excluding carboxylic acids is 1. The molecule has 0 spiro atoms. The largest absolute Gasteiger partial charge is 0.343 e. The highest BCUT2D eigenvalue weighted by Crippen LogP contribution is 2.34. The van der Waals surface area contributed by atoms with E-state index in [1.54, 1.807) is 0 Å². The van der Waals surface area contributed by atoms with Gasteiger partial charge >= 0.3 is 0 Å². The average Bonchev–Trinajstić information content (AvgIpc) is 2.79. The van der Waals surface area contributed by atoms with E-state index in [1.807, 2.05) is 24.1 Å². The van der Waals surface area contributed by atoms with Crippen LogP contribution in [0.5, 0.6) is 0 Å². The van der Waals surface area contributed by atoms with Gasteiger partial charge in [-0.25, -0.2) is 0 Å². The van der Waals surface area contributed by atoms with Crippen molar-refractivity contribution in [3.63, 3.8) is 0 Å². The number of aromatic nitrogens is 1. The Hall–Kier alpha value is -2.68. The van der Waals surface area contributed by atoms with Crippen LogP contribution in [0.1, 0.15) is 50.2 Å². The summed E-state index contributed by atoms with van der Waals surface area (Å²) in [4.78, 5) is 18.5. The Morgan fingerprint density at radius 3 is 2.52 bits per heavy atom. The zero-order valence-corrected chi connectivity index (χ0v) is 17.7. The molecular formula is C26H30N2O. The minimum Gasteiger partial charge on any atom is -0.343 e. The molecule has 3 aromatic rings. The Kier molecular flexibility index (Phi) is 5.66. The normalized spacial score (nSPS) is 16.2. The Morgan fingerprint density at radius 1 is 1.10 bits per heavy atom. The minimum atomic E-state index is 0.292. The molecule has 0 saturated carbocycles. The molecule has 4 rings (SSSR count). The van der Waals surface area contributed by atoms with Crippen molar-refractivity contribution >= 4 is 16.8 Å². The van der Waals surface area contributed by atoms with E-state index in [1.165, 1.54) is 27.6 Å². The van der Waals surface area contributed by atoms with Crippen LogP contribution in [0, 0.1) is 12.8 Å². The molecule has 1 amide bonds. The van der Waals surface area contributed by atoms with E-state index in [9.17, 15) is 4.79 Å². The van der Waals surface area contributed by atoms with Crippen LogP contribution >= 0.6 is 0 Å². The fourth-order valence-corrected chi connectivity index (χ4v) is 4.71. The fraction of sp³-hybridized carbons (Fsp3) is 0.385. The molecule has 1 aliphatic rings. The van der Waals surface area contributed by atoms with Crippen molar-refractivity contribution in [2.45, 2.75) is 46.0 Å². The molecule has 2 heterocycles. The minimum absolute atomic E-state index is 0.292. The van der Waals surface area contributed by atoms with Crippen LogP contribution in [0.3, 0.4) is 0 Å². The van der Waals surface area contributed by atoms with Gasteiger partial charge in [0.2, 0.25) is 5.91 Å². The zero-order valence-electron chi connectivity index (χ0n) is 17.7. The van der Waals surface area contributed by atoms with E-state index in [-0.39, 0.29) is 0 Å². The Balaban J connectivity index is 1.50. The van der Waals surface area contributed by atoms with Crippen molar-refractivity contribution in [3.8, 4) is 11.1 Å². The van der Waals surface area contributed by atoms with E-state index in [0.717, 1.165) is 31.4 Å². The highest BCUT2D eigenvalue weighted by Gasteiger charge is 2.26. The van der Waals surface area contributed by atoms with Gasteiger partial charge in [-0.3, -0.25) is 9.78 Å². The second-order valence-electron chi connectivity index (χ2n) is 8.30. The van der Waals surface area contributed by atoms with Crippen LogP contribution in [0.4, 0.5) is 0 Å². The van der Waals surface area contributed by atoms with Crippen molar-refractivity contribution in [1.82, 2.24) is 9.88 Å². The summed E-state index contributed by atoms with van der Waals surface area (Å²) < 4.78 is 0. The highest BCUT2D eigenvalue weighted by atomic mass is 16.2. The third-order valence-corrected chi connectivity index (χ3v) is 6.68. The van der Waals surface area contributed by atoms with E-state index >= 15 is 0 Å². The van der Waals surface area contributed by atoms with Gasteiger partial charge in [0, 0.05) is 31.1 Å². The molecule has 0 radical (unpaired) electrons. The van der Waals surface area contributed by atoms with Crippen LogP contribution in [-0.2, 0) is 4.79 Å². The third-order valence-electron chi connectivity index (χ3n) is 6.68. The third kappa shape index (κ3) is 3.91. The second kappa shape index (κ2) is 8.36. The van der Waals surface area contributed by atoms with Crippen molar-refractivity contribution in [3.05, 3.63) is 65.9 Å². The number of hydrogen-bond acceptors (Lipinski definition) is 2. The molecule has 3 heteroatoms. The van der Waals surface area contributed by atoms with Gasteiger partial charge in [-0.1, -0.05) is 56.3 Å². The van der Waals surface area contributed by atoms with Gasteiger partial charge in [-0.15, -0.1) is 0 Å². The fourth-order valence-electron chi connectivity index (χ4n) is 4.71. The summed E-state index contributed by atoms with van der Waals surface area (Å²) in [7, 11) is 0. The zero-order chi connectivity index (χ0) is 20.4. The maximum Gasteiger partial charge on any atom is 0.222 e. The van der Waals surface area contributed by atoms with Crippen LogP contribution in [0.25, 0.3) is 22.0 Å². The predicted octanol–water partition coefficient (Wildman–Crippen LogP) is 5.96. The van der Waals surface area contributed by atoms with Crippen molar-refractivity contribution in [2.75, 3.05) is 13.1 Å². The van der Waals surface area contributed by atoms with Gasteiger partial charge in [0.05, 0.1) is 5.52 Å². The number of likely N-dealkylation sites (tertiary alicyclic amines) is 1. The summed E-state index contributed by atoms with van der Waals surface area (Å²) in [5.74, 6) is 1.45. The number of nitrogens with zero attached hydrogens (tertiary/aromatic N) is 2. The van der Waals surface area contributed by atoms with Crippen molar-refractivity contribution < 1.29 is 4.79 Å². The molecule has 1 saturated heterocycles. The topological polar surface area (TPSA) is 33.2 Å². The first-order valence-corrected chi connectivity index (χ1v) is 10.8. The molecule has 1 fully saturated rings. The number of piperidine rings is 1. The van der Waals surface area contributed by atoms with E-state index in [2.05, 4.69) is 61.3 Å². The number of benzene rings is 2. The summed E-state index contributed by atoms with van der Waals surface area (Å²) in [5, 5.41) is 1.19. The van der Waals surface area contributed by atoms with E-state index < -0.39 is 0 Å². The smallest absolute Gasteiger partial charge is 0.222 e. The lowest BCUT2D eigenvalue weighted by Gasteiger charge is -2.35. The summed E-state index contributed by atoms with van der Waals surface area (Å²) in [5.41, 5.74) is 6.20. The monoisotopic (exact) mass is 386 g/mol. The van der Waals surface area contributed by atoms with Crippen LogP contribution in [0.2, 0.25) is 0 Å². The maximum atomic E-state index is 11.9. The maximum absolute atomic E-state index is 11.9. The molecule has 1 aliphatic heterocycles. The molecule has 0 N–H and O–H groups in total. The SMILES string of the molecule is CCC(=O)N1CCC(C(C)c2ccc(-c3ccc4cccnc4c3C)cc2)CC1. The standard InChI is InChI=1S/C26H30N2O/c1-4-25(29)28-16-13-21(14-17-28)18(2)20-7-9-22(10-8-20)24-12-11-23-6-5-15-27-26(23)19(24)3/h5-12,15,18,21H,4,13-14,16-17H2,1-3H3. The van der Waals surface area contributed by atoms with Crippen LogP contribution in [0.15, 0.2) is 54.7 Å². The average molecular weight is 387 g/mol. The number of hydrogen-bond donors (Lipinski definition) is 0. The first kappa shape index (κ1) is 19.6. The summed E-state index contributed by atoms with van der Waals surface area (Å²) >= 11 is 0. The summed E-state index contributed by atoms with van der Waals surface area (Å²) in [6.45, 7) is 8.26. The molecule has 0 aliphatic carbocycles. The van der Waals surface area contributed by atoms with Crippen molar-refractivity contribution in [1.29, 1.82) is 0 Å². The Morgan fingerprint density at radius 2 is 1.83 bits per heavy atom. The molecule has 150 valence electrons. The second-order valence-corrected chi connectivity index (χ2v) is 8.30. The van der Waals surface area contributed by atoms with Gasteiger partial charge in [0.25, 0.3) is 0 Å². The number of fused-ring (bicyclic) bond motifs is 1. The van der Waals surface area contributed by atoms with Crippen LogP contribution in [-0.4, -0.2) is 28.9 Å². The lowest BCUT2D eigenvalue weighted by molar-refractivity contribution is -0.132. The summed E-state index contributed by atoms with van der Waals surface area (Å²) in [6.07, 6.45) is 4.68. The van der Waals surface area contributed by atoms with Gasteiger partial charge in [0.1, 0.15) is 0 Å². The Labute approximate surface area is 173 Å². The molecular weight excluding hydrogens is 356 g/mol. The van der Waals surface area contributed by atoms with E-state index in [0.29, 0.717) is 24.2 Å². The molecule has 1 unspecified atom stereocenters.